The number of rotatable bonds is 5. The maximum absolute atomic E-state index is 13.7. The lowest BCUT2D eigenvalue weighted by molar-refractivity contribution is 0.405. The molecule has 2 aromatic carbocycles. The second-order valence-corrected chi connectivity index (χ2v) is 5.77. The van der Waals surface area contributed by atoms with Crippen LogP contribution < -0.4 is 15.4 Å². The number of hydrogen-bond donors (Lipinski definition) is 2. The minimum Gasteiger partial charge on any atom is -0.496 e. The van der Waals surface area contributed by atoms with Crippen LogP contribution in [0.5, 0.6) is 5.75 Å². The Morgan fingerprint density at radius 1 is 1.19 bits per heavy atom. The summed E-state index contributed by atoms with van der Waals surface area (Å²) >= 11 is 0. The molecule has 2 N–H and O–H groups in total. The van der Waals surface area contributed by atoms with E-state index in [1.165, 1.54) is 6.07 Å². The molecule has 2 aromatic rings. The van der Waals surface area contributed by atoms with Gasteiger partial charge in [0.15, 0.2) is 5.96 Å². The zero-order chi connectivity index (χ0) is 18.4. The molecule has 0 spiro atoms. The van der Waals surface area contributed by atoms with E-state index in [0.29, 0.717) is 5.96 Å². The highest BCUT2D eigenvalue weighted by molar-refractivity contribution is 14.0. The normalized spacial score (nSPS) is 12.2. The van der Waals surface area contributed by atoms with Crippen molar-refractivity contribution in [3.8, 4) is 5.75 Å². The molecule has 0 aliphatic carbocycles. The molecule has 26 heavy (non-hydrogen) atoms. The molecule has 0 amide bonds. The molecule has 0 radical (unpaired) electrons. The van der Waals surface area contributed by atoms with E-state index in [2.05, 4.69) is 15.6 Å². The summed E-state index contributed by atoms with van der Waals surface area (Å²) in [5.74, 6) is 0.328. The Kier molecular flexibility index (Phi) is 8.77. The Bertz CT molecular complexity index is 768. The second kappa shape index (κ2) is 10.3. The summed E-state index contributed by atoms with van der Waals surface area (Å²) in [6, 6.07) is 9.23. The van der Waals surface area contributed by atoms with E-state index in [9.17, 15) is 8.78 Å². The van der Waals surface area contributed by atoms with Gasteiger partial charge in [-0.15, -0.1) is 24.0 Å². The molecular weight excluding hydrogens is 451 g/mol. The van der Waals surface area contributed by atoms with Crippen LogP contribution in [0.4, 0.5) is 8.78 Å². The summed E-state index contributed by atoms with van der Waals surface area (Å²) < 4.78 is 32.4. The molecule has 2 rings (SSSR count). The van der Waals surface area contributed by atoms with Crippen LogP contribution >= 0.6 is 24.0 Å². The van der Waals surface area contributed by atoms with Crippen molar-refractivity contribution in [2.24, 2.45) is 4.99 Å². The predicted molar refractivity (Wildman–Crippen MR) is 111 cm³/mol. The molecule has 0 bridgehead atoms. The van der Waals surface area contributed by atoms with E-state index in [1.807, 2.05) is 32.0 Å². The van der Waals surface area contributed by atoms with Crippen molar-refractivity contribution in [2.45, 2.75) is 26.4 Å². The minimum absolute atomic E-state index is 0. The molecule has 1 unspecified atom stereocenters. The van der Waals surface area contributed by atoms with Crippen LogP contribution in [0.3, 0.4) is 0 Å². The quantitative estimate of drug-likeness (QED) is 0.385. The third-order valence-electron chi connectivity index (χ3n) is 3.88. The van der Waals surface area contributed by atoms with Crippen LogP contribution in [0.25, 0.3) is 0 Å². The first kappa shape index (κ1) is 22.1. The molecule has 4 nitrogen and oxygen atoms in total. The van der Waals surface area contributed by atoms with Crippen LogP contribution in [-0.2, 0) is 6.54 Å². The zero-order valence-corrected chi connectivity index (χ0v) is 17.6. The number of methoxy groups -OCH3 is 1. The van der Waals surface area contributed by atoms with Crippen molar-refractivity contribution < 1.29 is 13.5 Å². The van der Waals surface area contributed by atoms with Gasteiger partial charge in [0.25, 0.3) is 0 Å². The lowest BCUT2D eigenvalue weighted by Gasteiger charge is -2.21. The summed E-state index contributed by atoms with van der Waals surface area (Å²) in [5.41, 5.74) is 2.35. The van der Waals surface area contributed by atoms with Crippen LogP contribution in [0, 0.1) is 18.6 Å². The van der Waals surface area contributed by atoms with E-state index in [4.69, 9.17) is 4.74 Å². The van der Waals surface area contributed by atoms with Gasteiger partial charge in [0, 0.05) is 24.7 Å². The molecule has 0 saturated carbocycles. The van der Waals surface area contributed by atoms with Crippen LogP contribution in [-0.4, -0.2) is 20.1 Å². The molecule has 7 heteroatoms. The van der Waals surface area contributed by atoms with E-state index in [0.717, 1.165) is 29.0 Å². The smallest absolute Gasteiger partial charge is 0.191 e. The lowest BCUT2D eigenvalue weighted by atomic mass is 10.0. The summed E-state index contributed by atoms with van der Waals surface area (Å²) in [7, 11) is 3.25. The average Bonchev–Trinajstić information content (AvgIpc) is 2.60. The van der Waals surface area contributed by atoms with Gasteiger partial charge < -0.3 is 15.4 Å². The molecule has 0 fully saturated rings. The second-order valence-electron chi connectivity index (χ2n) is 5.77. The van der Waals surface area contributed by atoms with Gasteiger partial charge in [0.2, 0.25) is 0 Å². The number of nitrogens with one attached hydrogen (secondary N) is 2. The van der Waals surface area contributed by atoms with Gasteiger partial charge >= 0.3 is 0 Å². The van der Waals surface area contributed by atoms with Gasteiger partial charge in [-0.3, -0.25) is 4.99 Å². The molecule has 0 saturated heterocycles. The predicted octanol–water partition coefficient (Wildman–Crippen LogP) is 4.33. The molecule has 142 valence electrons. The van der Waals surface area contributed by atoms with Gasteiger partial charge in [0.05, 0.1) is 13.2 Å². The molecule has 0 aliphatic rings. The Balaban J connectivity index is 0.00000338. The van der Waals surface area contributed by atoms with E-state index in [-0.39, 0.29) is 42.1 Å². The maximum Gasteiger partial charge on any atom is 0.191 e. The highest BCUT2D eigenvalue weighted by Crippen LogP contribution is 2.25. The monoisotopic (exact) mass is 475 g/mol. The Hall–Kier alpha value is -1.90. The third kappa shape index (κ3) is 5.82. The fraction of sp³-hybridized carbons (Fsp3) is 0.316. The molecule has 0 heterocycles. The zero-order valence-electron chi connectivity index (χ0n) is 15.3. The number of ether oxygens (including phenoxy) is 1. The van der Waals surface area contributed by atoms with E-state index >= 15 is 0 Å². The largest absolute Gasteiger partial charge is 0.496 e. The number of aryl methyl sites for hydroxylation is 1. The highest BCUT2D eigenvalue weighted by Gasteiger charge is 2.13. The Morgan fingerprint density at radius 3 is 2.58 bits per heavy atom. The van der Waals surface area contributed by atoms with Crippen LogP contribution in [0.2, 0.25) is 0 Å². The molecule has 0 aromatic heterocycles. The van der Waals surface area contributed by atoms with Gasteiger partial charge in [-0.2, -0.15) is 0 Å². The van der Waals surface area contributed by atoms with E-state index in [1.54, 1.807) is 14.2 Å². The first-order valence-electron chi connectivity index (χ1n) is 8.00. The number of benzene rings is 2. The third-order valence-corrected chi connectivity index (χ3v) is 3.88. The number of guanidine groups is 1. The summed E-state index contributed by atoms with van der Waals surface area (Å²) in [5, 5.41) is 6.23. The van der Waals surface area contributed by atoms with Gasteiger partial charge in [-0.05, 0) is 38.1 Å². The standard InChI is InChI=1S/C19H23F2N3O.HI/c1-12-5-8-18(25-4)16(9-12)13(2)24-19(22-3)23-11-14-10-15(20)6-7-17(14)21;/h5-10,13H,11H2,1-4H3,(H2,22,23,24);1H. The fourth-order valence-electron chi connectivity index (χ4n) is 2.53. The molecule has 0 aliphatic heterocycles. The van der Waals surface area contributed by atoms with E-state index < -0.39 is 11.6 Å². The van der Waals surface area contributed by atoms with Gasteiger partial charge in [-0.1, -0.05) is 17.7 Å². The van der Waals surface area contributed by atoms with Crippen molar-refractivity contribution in [1.29, 1.82) is 0 Å². The molecular formula is C19H24F2IN3O. The number of halogens is 3. The summed E-state index contributed by atoms with van der Waals surface area (Å²) in [6.45, 7) is 4.11. The van der Waals surface area contributed by atoms with Crippen LogP contribution in [0.1, 0.15) is 29.7 Å². The van der Waals surface area contributed by atoms with Crippen molar-refractivity contribution in [3.05, 3.63) is 64.7 Å². The topological polar surface area (TPSA) is 45.7 Å². The lowest BCUT2D eigenvalue weighted by Crippen LogP contribution is -2.38. The minimum atomic E-state index is -0.473. The fourth-order valence-corrected chi connectivity index (χ4v) is 2.53. The van der Waals surface area contributed by atoms with Crippen molar-refractivity contribution in [2.75, 3.05) is 14.2 Å². The highest BCUT2D eigenvalue weighted by atomic mass is 127. The molecule has 1 atom stereocenters. The Labute approximate surface area is 170 Å². The summed E-state index contributed by atoms with van der Waals surface area (Å²) in [4.78, 5) is 4.14. The first-order chi connectivity index (χ1) is 11.9. The number of nitrogens with zero attached hydrogens (tertiary/aromatic N) is 1. The average molecular weight is 475 g/mol. The first-order valence-corrected chi connectivity index (χ1v) is 8.00. The summed E-state index contributed by atoms with van der Waals surface area (Å²) in [6.07, 6.45) is 0. The van der Waals surface area contributed by atoms with Crippen molar-refractivity contribution >= 4 is 29.9 Å². The number of aliphatic imine (C=N–C) groups is 1. The van der Waals surface area contributed by atoms with Crippen molar-refractivity contribution in [1.82, 2.24) is 10.6 Å². The SMILES string of the molecule is CN=C(NCc1cc(F)ccc1F)NC(C)c1cc(C)ccc1OC.I. The maximum atomic E-state index is 13.7. The number of hydrogen-bond acceptors (Lipinski definition) is 2. The van der Waals surface area contributed by atoms with Gasteiger partial charge in [0.1, 0.15) is 17.4 Å². The van der Waals surface area contributed by atoms with Gasteiger partial charge in [-0.25, -0.2) is 8.78 Å². The Morgan fingerprint density at radius 2 is 1.92 bits per heavy atom. The van der Waals surface area contributed by atoms with Crippen LogP contribution in [0.15, 0.2) is 41.4 Å². The van der Waals surface area contributed by atoms with Crippen molar-refractivity contribution in [3.63, 3.8) is 0 Å².